The van der Waals surface area contributed by atoms with Gasteiger partial charge in [0.25, 0.3) is 0 Å². The molecule has 4 aliphatic rings. The highest BCUT2D eigenvalue weighted by Crippen LogP contribution is 2.36. The van der Waals surface area contributed by atoms with Crippen LogP contribution in [0, 0.1) is 0 Å². The Labute approximate surface area is 396 Å². The van der Waals surface area contributed by atoms with Crippen LogP contribution in [0.15, 0.2) is 0 Å². The molecule has 0 aromatic carbocycles. The molecule has 10 nitrogen and oxygen atoms in total. The molecule has 4 heterocycles. The van der Waals surface area contributed by atoms with Gasteiger partial charge in [-0.3, -0.25) is 14.5 Å². The molecule has 4 aliphatic heterocycles. The van der Waals surface area contributed by atoms with Crippen LogP contribution in [0.25, 0.3) is 0 Å². The third-order valence-electron chi connectivity index (χ3n) is 15.2. The van der Waals surface area contributed by atoms with Gasteiger partial charge in [-0.25, -0.2) is 0 Å². The summed E-state index contributed by atoms with van der Waals surface area (Å²) in [5.74, 6) is 0.624. The van der Waals surface area contributed by atoms with Crippen LogP contribution in [0.4, 0.5) is 0 Å². The summed E-state index contributed by atoms with van der Waals surface area (Å²) < 4.78 is 0. The molecule has 0 aromatic rings. The normalized spacial score (nSPS) is 25.4. The van der Waals surface area contributed by atoms with Crippen molar-refractivity contribution in [3.63, 3.8) is 0 Å². The van der Waals surface area contributed by atoms with E-state index in [0.717, 1.165) is 116 Å². The van der Waals surface area contributed by atoms with Crippen molar-refractivity contribution < 1.29 is 9.59 Å². The van der Waals surface area contributed by atoms with Gasteiger partial charge in [-0.15, -0.1) is 0 Å². The molecule has 0 unspecified atom stereocenters. The fraction of sp³-hybridized carbons (Fsp3) is 0.963. The molecule has 10 heteroatoms. The van der Waals surface area contributed by atoms with Crippen LogP contribution in [0.2, 0.25) is 0 Å². The molecule has 0 saturated carbocycles. The second kappa shape index (κ2) is 21.6. The summed E-state index contributed by atoms with van der Waals surface area (Å²) in [7, 11) is 0. The van der Waals surface area contributed by atoms with Gasteiger partial charge in [-0.2, -0.15) is 0 Å². The van der Waals surface area contributed by atoms with Gasteiger partial charge >= 0.3 is 0 Å². The lowest BCUT2D eigenvalue weighted by atomic mass is 9.78. The van der Waals surface area contributed by atoms with E-state index in [-0.39, 0.29) is 50.4 Å². The molecule has 4 saturated heterocycles. The zero-order valence-electron chi connectivity index (χ0n) is 45.5. The van der Waals surface area contributed by atoms with E-state index in [0.29, 0.717) is 42.9 Å². The average molecular weight is 899 g/mol. The summed E-state index contributed by atoms with van der Waals surface area (Å²) >= 11 is 0. The predicted molar refractivity (Wildman–Crippen MR) is 272 cm³/mol. The molecule has 0 radical (unpaired) electrons. The highest BCUT2D eigenvalue weighted by atomic mass is 16.2. The van der Waals surface area contributed by atoms with Crippen molar-refractivity contribution in [2.24, 2.45) is 0 Å². The third-order valence-corrected chi connectivity index (χ3v) is 15.2. The maximum Gasteiger partial charge on any atom is 0.237 e. The second-order valence-electron chi connectivity index (χ2n) is 26.9. The first-order valence-electron chi connectivity index (χ1n) is 26.5. The number of nitrogens with zero attached hydrogens (tertiary/aromatic N) is 4. The van der Waals surface area contributed by atoms with E-state index in [1.807, 2.05) is 6.92 Å². The van der Waals surface area contributed by atoms with Crippen LogP contribution in [-0.4, -0.2) is 139 Å². The van der Waals surface area contributed by atoms with E-state index in [2.05, 4.69) is 159 Å². The number of unbranched alkanes of at least 4 members (excludes halogenated alkanes) is 5. The number of piperidine rings is 4. The Bertz CT molecular complexity index is 1440. The highest BCUT2D eigenvalue weighted by molar-refractivity contribution is 5.79. The smallest absolute Gasteiger partial charge is 0.237 e. The minimum Gasteiger partial charge on any atom is -0.340 e. The number of rotatable bonds is 21. The molecule has 0 aromatic heterocycles. The molecular formula is C54H106N8O2. The van der Waals surface area contributed by atoms with Crippen LogP contribution in [-0.2, 0) is 9.59 Å². The predicted octanol–water partition coefficient (Wildman–Crippen LogP) is 9.65. The van der Waals surface area contributed by atoms with Crippen LogP contribution < -0.4 is 21.3 Å². The number of amides is 2. The lowest BCUT2D eigenvalue weighted by Crippen LogP contribution is -2.64. The van der Waals surface area contributed by atoms with E-state index in [4.69, 9.17) is 0 Å². The molecule has 4 fully saturated rings. The molecule has 2 amide bonds. The highest BCUT2D eigenvalue weighted by Gasteiger charge is 2.45. The van der Waals surface area contributed by atoms with Gasteiger partial charge in [-0.05, 0) is 194 Å². The van der Waals surface area contributed by atoms with Crippen LogP contribution in [0.3, 0.4) is 0 Å². The van der Waals surface area contributed by atoms with E-state index in [1.165, 1.54) is 12.8 Å². The Morgan fingerprint density at radius 3 is 0.984 bits per heavy atom. The summed E-state index contributed by atoms with van der Waals surface area (Å²) in [6.45, 7) is 46.9. The zero-order valence-corrected chi connectivity index (χ0v) is 45.5. The number of hydrogen-bond acceptors (Lipinski definition) is 8. The quantitative estimate of drug-likeness (QED) is 0.0848. The molecule has 374 valence electrons. The van der Waals surface area contributed by atoms with Crippen molar-refractivity contribution in [1.82, 2.24) is 40.9 Å². The molecule has 0 spiro atoms. The van der Waals surface area contributed by atoms with Gasteiger partial charge in [-0.1, -0.05) is 39.5 Å². The summed E-state index contributed by atoms with van der Waals surface area (Å²) in [5, 5.41) is 15.5. The Hall–Kier alpha value is -1.30. The van der Waals surface area contributed by atoms with E-state index in [1.54, 1.807) is 0 Å². The first-order chi connectivity index (χ1) is 29.3. The van der Waals surface area contributed by atoms with Crippen molar-refractivity contribution in [3.05, 3.63) is 0 Å². The van der Waals surface area contributed by atoms with Crippen molar-refractivity contribution in [3.8, 4) is 0 Å². The maximum absolute atomic E-state index is 15.1. The summed E-state index contributed by atoms with van der Waals surface area (Å²) in [4.78, 5) is 38.3. The van der Waals surface area contributed by atoms with Crippen LogP contribution in [0.5, 0.6) is 0 Å². The topological polar surface area (TPSA) is 95.2 Å². The molecule has 0 atom stereocenters. The molecule has 4 N–H and O–H groups in total. The lowest BCUT2D eigenvalue weighted by Gasteiger charge is -2.51. The zero-order chi connectivity index (χ0) is 48.2. The van der Waals surface area contributed by atoms with Gasteiger partial charge < -0.3 is 36.0 Å². The first kappa shape index (κ1) is 55.3. The van der Waals surface area contributed by atoms with Crippen molar-refractivity contribution in [1.29, 1.82) is 0 Å². The molecule has 0 bridgehead atoms. The van der Waals surface area contributed by atoms with E-state index < -0.39 is 0 Å². The van der Waals surface area contributed by atoms with Crippen molar-refractivity contribution in [2.75, 3.05) is 39.3 Å². The molecular weight excluding hydrogens is 793 g/mol. The van der Waals surface area contributed by atoms with Crippen molar-refractivity contribution in [2.45, 2.75) is 296 Å². The lowest BCUT2D eigenvalue weighted by molar-refractivity contribution is -0.138. The minimum atomic E-state index is -0.0399. The minimum absolute atomic E-state index is 0.00319. The van der Waals surface area contributed by atoms with Gasteiger partial charge in [0.2, 0.25) is 11.8 Å². The first-order valence-corrected chi connectivity index (χ1v) is 26.5. The Balaban J connectivity index is 1.43. The van der Waals surface area contributed by atoms with Gasteiger partial charge in [0.1, 0.15) is 0 Å². The largest absolute Gasteiger partial charge is 0.340 e. The monoisotopic (exact) mass is 899 g/mol. The summed E-state index contributed by atoms with van der Waals surface area (Å²) in [5.41, 5.74) is 0.199. The molecule has 64 heavy (non-hydrogen) atoms. The Kier molecular flexibility index (Phi) is 18.6. The Morgan fingerprint density at radius 1 is 0.375 bits per heavy atom. The number of carbonyl (C=O) groups excluding carboxylic acids is 2. The standard InChI is InChI=1S/C54H106N8O2/c1-19-45(63)61(43-36-51(11,12)57-52(13,14)37-43)30-25-23-21-22-24-26-31-62(44-38-53(15,16)58-54(17,18)39-44)46(64)40-60(42-34-49(7,8)56-50(9,10)35-42)29-27-28-59(20-2)41-32-47(3,4)55-48(5,6)33-41/h41-44,55-58H,19-40H2,1-18H3. The summed E-state index contributed by atoms with van der Waals surface area (Å²) in [6, 6.07) is 1.42. The third kappa shape index (κ3) is 17.3. The number of carbonyl (C=O) groups is 2. The average Bonchev–Trinajstić information content (AvgIpc) is 3.08. The van der Waals surface area contributed by atoms with Crippen LogP contribution >= 0.6 is 0 Å². The fourth-order valence-electron chi connectivity index (χ4n) is 14.3. The SMILES string of the molecule is CCC(=O)N(CCCCCCCCN(C(=O)CN(CCCN(CC)C1CC(C)(C)NC(C)(C)C1)C1CC(C)(C)NC(C)(C)C1)C1CC(C)(C)NC(C)(C)C1)C1CC(C)(C)NC(C)(C)C1. The van der Waals surface area contributed by atoms with E-state index >= 15 is 4.79 Å². The number of nitrogens with one attached hydrogen (secondary N) is 4. The van der Waals surface area contributed by atoms with Gasteiger partial charge in [0.05, 0.1) is 6.54 Å². The van der Waals surface area contributed by atoms with E-state index in [9.17, 15) is 4.79 Å². The Morgan fingerprint density at radius 2 is 0.656 bits per heavy atom. The summed E-state index contributed by atoms with van der Waals surface area (Å²) in [6.07, 6.45) is 16.7. The van der Waals surface area contributed by atoms with Gasteiger partial charge in [0, 0.05) is 94.5 Å². The maximum atomic E-state index is 15.1. The fourth-order valence-corrected chi connectivity index (χ4v) is 14.3. The molecule has 4 rings (SSSR count). The van der Waals surface area contributed by atoms with Gasteiger partial charge in [0.15, 0.2) is 0 Å². The van der Waals surface area contributed by atoms with Crippen LogP contribution in [0.1, 0.15) is 227 Å². The molecule has 0 aliphatic carbocycles. The van der Waals surface area contributed by atoms with Crippen molar-refractivity contribution >= 4 is 11.8 Å². The second-order valence-corrected chi connectivity index (χ2v) is 26.9. The number of hydrogen-bond donors (Lipinski definition) is 4.